The van der Waals surface area contributed by atoms with Crippen LogP contribution in [0.25, 0.3) is 22.5 Å². The van der Waals surface area contributed by atoms with Crippen LogP contribution in [-0.2, 0) is 12.3 Å². The number of rotatable bonds is 9. The molecule has 5 aromatic rings. The van der Waals surface area contributed by atoms with Gasteiger partial charge >= 0.3 is 0 Å². The van der Waals surface area contributed by atoms with Gasteiger partial charge in [0.05, 0.1) is 45.1 Å². The molecular formula is C27H26N4O4S. The molecule has 0 unspecified atom stereocenters. The monoisotopic (exact) mass is 502 g/mol. The van der Waals surface area contributed by atoms with Crippen LogP contribution < -0.4 is 14.2 Å². The van der Waals surface area contributed by atoms with Gasteiger partial charge < -0.3 is 23.2 Å². The minimum absolute atomic E-state index is 0.505. The Labute approximate surface area is 213 Å². The summed E-state index contributed by atoms with van der Waals surface area (Å²) in [5, 5.41) is 0.885. The zero-order chi connectivity index (χ0) is 25.1. The highest BCUT2D eigenvalue weighted by atomic mass is 32.2. The Kier molecular flexibility index (Phi) is 6.81. The van der Waals surface area contributed by atoms with Crippen molar-refractivity contribution in [2.24, 2.45) is 0 Å². The molecule has 0 spiro atoms. The number of pyridine rings is 1. The van der Waals surface area contributed by atoms with Gasteiger partial charge in [-0.1, -0.05) is 23.9 Å². The molecule has 0 bridgehead atoms. The highest BCUT2D eigenvalue weighted by Gasteiger charge is 2.18. The number of nitrogens with zero attached hydrogens (tertiary/aromatic N) is 4. The van der Waals surface area contributed by atoms with E-state index in [9.17, 15) is 0 Å². The molecule has 8 nitrogen and oxygen atoms in total. The van der Waals surface area contributed by atoms with E-state index in [1.807, 2.05) is 55.6 Å². The maximum absolute atomic E-state index is 6.05. The van der Waals surface area contributed by atoms with Crippen molar-refractivity contribution in [1.29, 1.82) is 0 Å². The third-order valence-electron chi connectivity index (χ3n) is 5.85. The summed E-state index contributed by atoms with van der Waals surface area (Å²) < 4.78 is 24.3. The van der Waals surface area contributed by atoms with Crippen molar-refractivity contribution in [3.63, 3.8) is 0 Å². The molecule has 9 heteroatoms. The standard InChI is InChI=1S/C27H26N4O4S/c1-17-22(29-26(35-17)19-8-9-24(33-3)25(13-19)34-4)15-31-23-14-28-11-10-21(23)30-27(31)36-16-18-6-5-7-20(12-18)32-2/h5-14H,15-16H2,1-4H3. The summed E-state index contributed by atoms with van der Waals surface area (Å²) in [6, 6.07) is 15.6. The van der Waals surface area contributed by atoms with Crippen LogP contribution in [0, 0.1) is 6.92 Å². The van der Waals surface area contributed by atoms with E-state index < -0.39 is 0 Å². The van der Waals surface area contributed by atoms with Crippen LogP contribution in [0.4, 0.5) is 0 Å². The van der Waals surface area contributed by atoms with Crippen molar-refractivity contribution in [2.45, 2.75) is 24.4 Å². The minimum Gasteiger partial charge on any atom is -0.497 e. The van der Waals surface area contributed by atoms with E-state index in [0.29, 0.717) is 23.9 Å². The lowest BCUT2D eigenvalue weighted by Gasteiger charge is -2.08. The van der Waals surface area contributed by atoms with Gasteiger partial charge in [0, 0.05) is 17.5 Å². The summed E-state index contributed by atoms with van der Waals surface area (Å²) >= 11 is 1.66. The molecule has 5 rings (SSSR count). The van der Waals surface area contributed by atoms with E-state index in [1.54, 1.807) is 39.3 Å². The number of hydrogen-bond donors (Lipinski definition) is 0. The number of imidazole rings is 1. The molecule has 0 aliphatic carbocycles. The summed E-state index contributed by atoms with van der Waals surface area (Å²) in [6.45, 7) is 2.43. The number of ether oxygens (including phenoxy) is 3. The van der Waals surface area contributed by atoms with Crippen LogP contribution in [0.3, 0.4) is 0 Å². The fraction of sp³-hybridized carbons (Fsp3) is 0.222. The number of hydrogen-bond acceptors (Lipinski definition) is 8. The summed E-state index contributed by atoms with van der Waals surface area (Å²) in [5.41, 5.74) is 4.63. The van der Waals surface area contributed by atoms with Crippen LogP contribution in [0.5, 0.6) is 17.2 Å². The maximum atomic E-state index is 6.05. The number of aromatic nitrogens is 4. The molecule has 0 atom stereocenters. The molecule has 2 aromatic carbocycles. The van der Waals surface area contributed by atoms with E-state index >= 15 is 0 Å². The zero-order valence-electron chi connectivity index (χ0n) is 20.5. The van der Waals surface area contributed by atoms with Gasteiger partial charge in [-0.3, -0.25) is 4.98 Å². The van der Waals surface area contributed by atoms with Crippen LogP contribution in [0.1, 0.15) is 17.0 Å². The van der Waals surface area contributed by atoms with E-state index in [2.05, 4.69) is 15.6 Å². The zero-order valence-corrected chi connectivity index (χ0v) is 21.3. The molecule has 0 radical (unpaired) electrons. The molecule has 3 aromatic heterocycles. The van der Waals surface area contributed by atoms with Crippen LogP contribution in [0.15, 0.2) is 70.5 Å². The number of aryl methyl sites for hydroxylation is 1. The van der Waals surface area contributed by atoms with Gasteiger partial charge in [0.1, 0.15) is 17.2 Å². The quantitative estimate of drug-likeness (QED) is 0.235. The fourth-order valence-corrected chi connectivity index (χ4v) is 4.90. The SMILES string of the molecule is COc1cccc(CSc2nc3ccncc3n2Cc2nc(-c3ccc(OC)c(OC)c3)oc2C)c1. The number of methoxy groups -OCH3 is 3. The van der Waals surface area contributed by atoms with Crippen LogP contribution >= 0.6 is 11.8 Å². The van der Waals surface area contributed by atoms with Crippen LogP contribution in [-0.4, -0.2) is 40.8 Å². The van der Waals surface area contributed by atoms with Gasteiger partial charge in [-0.2, -0.15) is 0 Å². The Morgan fingerprint density at radius 1 is 0.944 bits per heavy atom. The van der Waals surface area contributed by atoms with Crippen molar-refractivity contribution in [2.75, 3.05) is 21.3 Å². The van der Waals surface area contributed by atoms with Gasteiger partial charge in [-0.15, -0.1) is 0 Å². The van der Waals surface area contributed by atoms with E-state index in [-0.39, 0.29) is 0 Å². The highest BCUT2D eigenvalue weighted by Crippen LogP contribution is 2.33. The Balaban J connectivity index is 1.45. The first-order valence-corrected chi connectivity index (χ1v) is 12.3. The van der Waals surface area contributed by atoms with Crippen molar-refractivity contribution in [3.05, 3.63) is 77.9 Å². The lowest BCUT2D eigenvalue weighted by atomic mass is 10.2. The molecule has 0 aliphatic rings. The number of fused-ring (bicyclic) bond motifs is 1. The Morgan fingerprint density at radius 3 is 2.61 bits per heavy atom. The summed E-state index contributed by atoms with van der Waals surface area (Å²) in [6.07, 6.45) is 3.59. The molecule has 0 saturated carbocycles. The second-order valence-electron chi connectivity index (χ2n) is 8.08. The first kappa shape index (κ1) is 23.7. The summed E-state index contributed by atoms with van der Waals surface area (Å²) in [4.78, 5) is 14.0. The lowest BCUT2D eigenvalue weighted by molar-refractivity contribution is 0.355. The largest absolute Gasteiger partial charge is 0.497 e. The van der Waals surface area contributed by atoms with E-state index in [4.69, 9.17) is 28.6 Å². The van der Waals surface area contributed by atoms with E-state index in [0.717, 1.165) is 50.3 Å². The second-order valence-corrected chi connectivity index (χ2v) is 9.02. The van der Waals surface area contributed by atoms with Crippen molar-refractivity contribution in [1.82, 2.24) is 19.5 Å². The molecule has 184 valence electrons. The third-order valence-corrected chi connectivity index (χ3v) is 6.90. The van der Waals surface area contributed by atoms with Gasteiger partial charge in [0.2, 0.25) is 5.89 Å². The van der Waals surface area contributed by atoms with Gasteiger partial charge in [-0.05, 0) is 48.9 Å². The molecule has 0 fully saturated rings. The third kappa shape index (κ3) is 4.74. The van der Waals surface area contributed by atoms with Crippen molar-refractivity contribution < 1.29 is 18.6 Å². The molecule has 36 heavy (non-hydrogen) atoms. The molecule has 0 N–H and O–H groups in total. The second kappa shape index (κ2) is 10.3. The Bertz CT molecular complexity index is 1510. The number of benzene rings is 2. The lowest BCUT2D eigenvalue weighted by Crippen LogP contribution is -2.03. The average molecular weight is 503 g/mol. The van der Waals surface area contributed by atoms with Crippen molar-refractivity contribution >= 4 is 22.8 Å². The van der Waals surface area contributed by atoms with E-state index in [1.165, 1.54) is 0 Å². The van der Waals surface area contributed by atoms with Gasteiger partial charge in [-0.25, -0.2) is 9.97 Å². The molecule has 3 heterocycles. The number of oxazole rings is 1. The number of thioether (sulfide) groups is 1. The average Bonchev–Trinajstić information content (AvgIpc) is 3.47. The predicted molar refractivity (Wildman–Crippen MR) is 139 cm³/mol. The first-order chi connectivity index (χ1) is 17.6. The highest BCUT2D eigenvalue weighted by molar-refractivity contribution is 7.98. The summed E-state index contributed by atoms with van der Waals surface area (Å²) in [7, 11) is 4.89. The van der Waals surface area contributed by atoms with Crippen LogP contribution in [0.2, 0.25) is 0 Å². The van der Waals surface area contributed by atoms with Gasteiger partial charge in [0.15, 0.2) is 16.7 Å². The normalized spacial score (nSPS) is 11.1. The Morgan fingerprint density at radius 2 is 1.81 bits per heavy atom. The minimum atomic E-state index is 0.505. The Hall–Kier alpha value is -3.98. The molecule has 0 saturated heterocycles. The molecular weight excluding hydrogens is 476 g/mol. The predicted octanol–water partition coefficient (Wildman–Crippen LogP) is 5.76. The summed E-state index contributed by atoms with van der Waals surface area (Å²) in [5.74, 6) is 4.13. The smallest absolute Gasteiger partial charge is 0.226 e. The van der Waals surface area contributed by atoms with Gasteiger partial charge in [0.25, 0.3) is 0 Å². The van der Waals surface area contributed by atoms with Crippen molar-refractivity contribution in [3.8, 4) is 28.7 Å². The maximum Gasteiger partial charge on any atom is 0.226 e. The topological polar surface area (TPSA) is 84.4 Å². The molecule has 0 amide bonds. The fourth-order valence-electron chi connectivity index (χ4n) is 3.94. The molecule has 0 aliphatic heterocycles. The first-order valence-electron chi connectivity index (χ1n) is 11.3.